The molecule has 1 N–H and O–H groups in total. The smallest absolute Gasteiger partial charge is 0.167 e. The molecule has 3 rings (SSSR count). The lowest BCUT2D eigenvalue weighted by molar-refractivity contribution is 0.149. The van der Waals surface area contributed by atoms with Crippen LogP contribution in [0.5, 0.6) is 0 Å². The van der Waals surface area contributed by atoms with Crippen LogP contribution in [0.15, 0.2) is 47.7 Å². The highest BCUT2D eigenvalue weighted by molar-refractivity contribution is 6.11. The topological polar surface area (TPSA) is 50.3 Å². The molecule has 1 aliphatic rings. The van der Waals surface area contributed by atoms with E-state index in [0.29, 0.717) is 0 Å². The van der Waals surface area contributed by atoms with E-state index < -0.39 is 0 Å². The van der Waals surface area contributed by atoms with Crippen molar-refractivity contribution in [2.24, 2.45) is 4.99 Å². The van der Waals surface area contributed by atoms with Crippen LogP contribution in [0.1, 0.15) is 5.56 Å². The van der Waals surface area contributed by atoms with Crippen LogP contribution in [-0.4, -0.2) is 29.5 Å². The van der Waals surface area contributed by atoms with Gasteiger partial charge in [0.1, 0.15) is 5.65 Å². The van der Waals surface area contributed by atoms with Crippen LogP contribution in [0.4, 0.5) is 0 Å². The number of hydrogen-bond donors (Lipinski definition) is 1. The molecule has 0 fully saturated rings. The van der Waals surface area contributed by atoms with E-state index in [4.69, 9.17) is 4.74 Å². The van der Waals surface area contributed by atoms with E-state index in [-0.39, 0.29) is 6.23 Å². The highest BCUT2D eigenvalue weighted by Gasteiger charge is 2.05. The molecule has 2 aromatic heterocycles. The van der Waals surface area contributed by atoms with Crippen LogP contribution >= 0.6 is 0 Å². The Bertz CT molecular complexity index is 652. The van der Waals surface area contributed by atoms with Gasteiger partial charge in [-0.15, -0.1) is 0 Å². The normalized spacial score (nSPS) is 18.9. The minimum atomic E-state index is -0.206. The monoisotopic (exact) mass is 239 g/mol. The maximum Gasteiger partial charge on any atom is 0.167 e. The molecule has 0 bridgehead atoms. The lowest BCUT2D eigenvalue weighted by Crippen LogP contribution is -2.01. The van der Waals surface area contributed by atoms with Crippen LogP contribution in [-0.2, 0) is 4.74 Å². The molecule has 1 atom stereocenters. The van der Waals surface area contributed by atoms with Crippen molar-refractivity contribution in [3.05, 3.63) is 48.3 Å². The lowest BCUT2D eigenvalue weighted by Gasteiger charge is -2.03. The van der Waals surface area contributed by atoms with E-state index in [9.17, 15) is 0 Å². The van der Waals surface area contributed by atoms with Gasteiger partial charge in [-0.2, -0.15) is 0 Å². The molecule has 0 spiro atoms. The summed E-state index contributed by atoms with van der Waals surface area (Å²) in [5.74, 6) is 0. The molecule has 3 heterocycles. The van der Waals surface area contributed by atoms with Gasteiger partial charge >= 0.3 is 0 Å². The minimum Gasteiger partial charge on any atom is -0.356 e. The standard InChI is InChI=1S/C14H13N3O/c1-18-13-4-2-3-11(8-16-13)12-7-10-5-6-15-14(10)17-9-12/h2-9,13H,1H3,(H,15,17). The van der Waals surface area contributed by atoms with E-state index in [1.807, 2.05) is 42.9 Å². The first-order chi connectivity index (χ1) is 8.86. The van der Waals surface area contributed by atoms with Gasteiger partial charge in [-0.25, -0.2) is 4.98 Å². The maximum atomic E-state index is 5.17. The van der Waals surface area contributed by atoms with Gasteiger partial charge in [-0.3, -0.25) is 4.99 Å². The fraction of sp³-hybridized carbons (Fsp3) is 0.143. The third-order valence-corrected chi connectivity index (χ3v) is 2.89. The van der Waals surface area contributed by atoms with Crippen molar-refractivity contribution >= 4 is 22.8 Å². The molecular formula is C14H13N3O. The van der Waals surface area contributed by atoms with E-state index >= 15 is 0 Å². The number of rotatable bonds is 2. The number of aliphatic imine (C=N–C) groups is 1. The molecule has 18 heavy (non-hydrogen) atoms. The summed E-state index contributed by atoms with van der Waals surface area (Å²) in [4.78, 5) is 11.8. The highest BCUT2D eigenvalue weighted by atomic mass is 16.5. The van der Waals surface area contributed by atoms with Gasteiger partial charge in [0.25, 0.3) is 0 Å². The van der Waals surface area contributed by atoms with E-state index in [2.05, 4.69) is 21.0 Å². The molecule has 0 amide bonds. The molecule has 0 radical (unpaired) electrons. The Kier molecular flexibility index (Phi) is 2.78. The summed E-state index contributed by atoms with van der Waals surface area (Å²) >= 11 is 0. The molecule has 0 saturated carbocycles. The van der Waals surface area contributed by atoms with Crippen molar-refractivity contribution in [2.75, 3.05) is 7.11 Å². The zero-order valence-corrected chi connectivity index (χ0v) is 10.00. The lowest BCUT2D eigenvalue weighted by atomic mass is 10.1. The van der Waals surface area contributed by atoms with Crippen LogP contribution in [0.3, 0.4) is 0 Å². The summed E-state index contributed by atoms with van der Waals surface area (Å²) in [7, 11) is 1.64. The van der Waals surface area contributed by atoms with Crippen molar-refractivity contribution < 1.29 is 4.74 Å². The third-order valence-electron chi connectivity index (χ3n) is 2.89. The van der Waals surface area contributed by atoms with Gasteiger partial charge in [-0.1, -0.05) is 12.2 Å². The van der Waals surface area contributed by atoms with Crippen LogP contribution in [0, 0.1) is 0 Å². The number of pyridine rings is 1. The summed E-state index contributed by atoms with van der Waals surface area (Å²) in [6, 6.07) is 4.10. The molecule has 0 saturated heterocycles. The second kappa shape index (κ2) is 4.58. The molecule has 90 valence electrons. The third kappa shape index (κ3) is 1.98. The van der Waals surface area contributed by atoms with Crippen LogP contribution in [0.25, 0.3) is 16.6 Å². The zero-order chi connectivity index (χ0) is 12.4. The SMILES string of the molecule is COC1C=CC=C(c2cnc3[nH]ccc3c2)C=N1. The van der Waals surface area contributed by atoms with Gasteiger partial charge in [0.15, 0.2) is 6.23 Å². The Labute approximate surface area is 105 Å². The molecule has 4 nitrogen and oxygen atoms in total. The number of fused-ring (bicyclic) bond motifs is 1. The van der Waals surface area contributed by atoms with Crippen molar-refractivity contribution in [3.63, 3.8) is 0 Å². The summed E-state index contributed by atoms with van der Waals surface area (Å²) < 4.78 is 5.17. The highest BCUT2D eigenvalue weighted by Crippen LogP contribution is 2.19. The van der Waals surface area contributed by atoms with Gasteiger partial charge in [0.05, 0.1) is 0 Å². The Morgan fingerprint density at radius 3 is 3.22 bits per heavy atom. The maximum absolute atomic E-state index is 5.17. The molecule has 1 aliphatic heterocycles. The van der Waals surface area contributed by atoms with Gasteiger partial charge in [0.2, 0.25) is 0 Å². The molecule has 1 unspecified atom stereocenters. The Balaban J connectivity index is 1.99. The first kappa shape index (κ1) is 10.9. The van der Waals surface area contributed by atoms with E-state index in [1.165, 1.54) is 0 Å². The largest absolute Gasteiger partial charge is 0.356 e. The number of aromatic amines is 1. The fourth-order valence-corrected chi connectivity index (χ4v) is 1.91. The second-order valence-electron chi connectivity index (χ2n) is 4.05. The average Bonchev–Trinajstić information content (AvgIpc) is 2.74. The summed E-state index contributed by atoms with van der Waals surface area (Å²) in [5, 5.41) is 1.10. The second-order valence-corrected chi connectivity index (χ2v) is 4.05. The van der Waals surface area contributed by atoms with Crippen LogP contribution < -0.4 is 0 Å². The van der Waals surface area contributed by atoms with Gasteiger partial charge < -0.3 is 9.72 Å². The van der Waals surface area contributed by atoms with Crippen molar-refractivity contribution in [3.8, 4) is 0 Å². The average molecular weight is 239 g/mol. The fourth-order valence-electron chi connectivity index (χ4n) is 1.91. The predicted octanol–water partition coefficient (Wildman–Crippen LogP) is 2.56. The molecule has 4 heteroatoms. The minimum absolute atomic E-state index is 0.206. The number of hydrogen-bond acceptors (Lipinski definition) is 3. The first-order valence-corrected chi connectivity index (χ1v) is 5.75. The molecule has 2 aromatic rings. The van der Waals surface area contributed by atoms with Crippen molar-refractivity contribution in [1.82, 2.24) is 9.97 Å². The number of allylic oxidation sites excluding steroid dienone is 3. The van der Waals surface area contributed by atoms with Crippen molar-refractivity contribution in [1.29, 1.82) is 0 Å². The first-order valence-electron chi connectivity index (χ1n) is 5.75. The Morgan fingerprint density at radius 1 is 1.39 bits per heavy atom. The predicted molar refractivity (Wildman–Crippen MR) is 72.5 cm³/mol. The quantitative estimate of drug-likeness (QED) is 0.875. The number of methoxy groups -OCH3 is 1. The number of nitrogens with one attached hydrogen (secondary N) is 1. The van der Waals surface area contributed by atoms with E-state index in [0.717, 1.165) is 22.2 Å². The Hall–Kier alpha value is -2.20. The summed E-state index contributed by atoms with van der Waals surface area (Å²) in [6.45, 7) is 0. The van der Waals surface area contributed by atoms with Crippen LogP contribution in [0.2, 0.25) is 0 Å². The van der Waals surface area contributed by atoms with Gasteiger partial charge in [-0.05, 0) is 18.2 Å². The number of aromatic nitrogens is 2. The number of H-pyrrole nitrogens is 1. The van der Waals surface area contributed by atoms with E-state index in [1.54, 1.807) is 7.11 Å². The number of ether oxygens (including phenoxy) is 1. The van der Waals surface area contributed by atoms with Gasteiger partial charge in [0, 0.05) is 42.2 Å². The van der Waals surface area contributed by atoms with Crippen molar-refractivity contribution in [2.45, 2.75) is 6.23 Å². The summed E-state index contributed by atoms with van der Waals surface area (Å²) in [6.07, 6.45) is 11.2. The molecule has 0 aromatic carbocycles. The zero-order valence-electron chi connectivity index (χ0n) is 10.00. The molecular weight excluding hydrogens is 226 g/mol. The number of nitrogens with zero attached hydrogens (tertiary/aromatic N) is 2. The summed E-state index contributed by atoms with van der Waals surface area (Å²) in [5.41, 5.74) is 2.98. The molecule has 0 aliphatic carbocycles. The Morgan fingerprint density at radius 2 is 2.33 bits per heavy atom.